The van der Waals surface area contributed by atoms with Crippen LogP contribution in [0, 0.1) is 11.7 Å². The smallest absolute Gasteiger partial charge is 0.228 e. The van der Waals surface area contributed by atoms with E-state index in [0.29, 0.717) is 38.4 Å². The Kier molecular flexibility index (Phi) is 5.88. The topological polar surface area (TPSA) is 73.0 Å². The zero-order valence-electron chi connectivity index (χ0n) is 17.4. The van der Waals surface area contributed by atoms with Gasteiger partial charge in [-0.05, 0) is 48.5 Å². The molecule has 162 valence electrons. The molecule has 2 fully saturated rings. The molecule has 0 spiro atoms. The van der Waals surface area contributed by atoms with Gasteiger partial charge in [-0.2, -0.15) is 0 Å². The Morgan fingerprint density at radius 1 is 0.935 bits per heavy atom. The Morgan fingerprint density at radius 2 is 1.55 bits per heavy atom. The third kappa shape index (κ3) is 4.68. The van der Waals surface area contributed by atoms with Crippen LogP contribution in [0.1, 0.15) is 13.3 Å². The van der Waals surface area contributed by atoms with Crippen LogP contribution in [0.25, 0.3) is 0 Å². The fourth-order valence-electron chi connectivity index (χ4n) is 4.15. The number of hydrogen-bond acceptors (Lipinski definition) is 4. The number of benzene rings is 2. The van der Waals surface area contributed by atoms with Gasteiger partial charge in [-0.1, -0.05) is 0 Å². The summed E-state index contributed by atoms with van der Waals surface area (Å²) in [5.41, 5.74) is 2.32. The highest BCUT2D eigenvalue weighted by atomic mass is 19.1. The lowest BCUT2D eigenvalue weighted by atomic mass is 10.1. The summed E-state index contributed by atoms with van der Waals surface area (Å²) in [4.78, 5) is 42.3. The molecule has 0 bridgehead atoms. The first-order valence-electron chi connectivity index (χ1n) is 10.4. The molecule has 4 rings (SSSR count). The molecule has 2 saturated heterocycles. The van der Waals surface area contributed by atoms with Crippen molar-refractivity contribution in [1.82, 2.24) is 4.90 Å². The van der Waals surface area contributed by atoms with Gasteiger partial charge < -0.3 is 20.0 Å². The Balaban J connectivity index is 1.34. The molecule has 8 heteroatoms. The highest BCUT2D eigenvalue weighted by Crippen LogP contribution is 2.28. The van der Waals surface area contributed by atoms with E-state index in [0.717, 1.165) is 11.4 Å². The van der Waals surface area contributed by atoms with Gasteiger partial charge in [0.15, 0.2) is 0 Å². The molecule has 2 aliphatic rings. The molecule has 0 aromatic heterocycles. The van der Waals surface area contributed by atoms with E-state index in [9.17, 15) is 18.8 Å². The molecule has 2 aliphatic heterocycles. The first-order chi connectivity index (χ1) is 14.9. The third-order valence-corrected chi connectivity index (χ3v) is 5.76. The Labute approximate surface area is 180 Å². The number of anilines is 3. The third-order valence-electron chi connectivity index (χ3n) is 5.76. The maximum absolute atomic E-state index is 13.1. The molecule has 0 saturated carbocycles. The highest BCUT2D eigenvalue weighted by Gasteiger charge is 2.38. The second-order valence-corrected chi connectivity index (χ2v) is 7.92. The van der Waals surface area contributed by atoms with Gasteiger partial charge in [0.05, 0.1) is 5.92 Å². The van der Waals surface area contributed by atoms with Gasteiger partial charge in [0.2, 0.25) is 17.7 Å². The van der Waals surface area contributed by atoms with Crippen LogP contribution in [0.2, 0.25) is 0 Å². The Hall–Kier alpha value is -3.42. The van der Waals surface area contributed by atoms with E-state index in [-0.39, 0.29) is 35.9 Å². The van der Waals surface area contributed by atoms with Crippen molar-refractivity contribution in [2.75, 3.05) is 47.8 Å². The molecular formula is C23H25FN4O3. The van der Waals surface area contributed by atoms with Crippen LogP contribution in [0.5, 0.6) is 0 Å². The summed E-state index contributed by atoms with van der Waals surface area (Å²) < 4.78 is 13.1. The van der Waals surface area contributed by atoms with Crippen LogP contribution in [0.3, 0.4) is 0 Å². The second-order valence-electron chi connectivity index (χ2n) is 7.92. The fraction of sp³-hybridized carbons (Fsp3) is 0.348. The predicted molar refractivity (Wildman–Crippen MR) is 116 cm³/mol. The number of rotatable bonds is 4. The summed E-state index contributed by atoms with van der Waals surface area (Å²) in [7, 11) is 0. The van der Waals surface area contributed by atoms with Gasteiger partial charge in [0.25, 0.3) is 0 Å². The van der Waals surface area contributed by atoms with Crippen molar-refractivity contribution in [2.45, 2.75) is 13.3 Å². The van der Waals surface area contributed by atoms with Crippen LogP contribution < -0.4 is 15.1 Å². The standard InChI is InChI=1S/C23H25FN4O3/c1-16(29)25-19-4-8-21(9-5-19)28-15-17(14-22(28)30)23(31)27-12-10-26(11-13-27)20-6-2-18(24)3-7-20/h2-9,17H,10-15H2,1H3,(H,25,29)/t17-/m1/s1. The zero-order chi connectivity index (χ0) is 22.0. The molecule has 2 aromatic carbocycles. The number of nitrogens with zero attached hydrogens (tertiary/aromatic N) is 3. The van der Waals surface area contributed by atoms with E-state index in [1.165, 1.54) is 19.1 Å². The van der Waals surface area contributed by atoms with E-state index in [2.05, 4.69) is 10.2 Å². The highest BCUT2D eigenvalue weighted by molar-refractivity contribution is 6.00. The maximum atomic E-state index is 13.1. The molecule has 0 radical (unpaired) electrons. The van der Waals surface area contributed by atoms with Gasteiger partial charge in [-0.15, -0.1) is 0 Å². The van der Waals surface area contributed by atoms with Crippen LogP contribution in [0.4, 0.5) is 21.5 Å². The van der Waals surface area contributed by atoms with Crippen LogP contribution in [-0.4, -0.2) is 55.3 Å². The van der Waals surface area contributed by atoms with Crippen molar-refractivity contribution in [2.24, 2.45) is 5.92 Å². The fourth-order valence-corrected chi connectivity index (χ4v) is 4.15. The summed E-state index contributed by atoms with van der Waals surface area (Å²) in [6.45, 7) is 4.29. The molecule has 1 atom stereocenters. The first-order valence-corrected chi connectivity index (χ1v) is 10.4. The molecule has 0 aliphatic carbocycles. The number of carbonyl (C=O) groups excluding carboxylic acids is 3. The zero-order valence-corrected chi connectivity index (χ0v) is 17.4. The number of nitrogens with one attached hydrogen (secondary N) is 1. The summed E-state index contributed by atoms with van der Waals surface area (Å²) >= 11 is 0. The summed E-state index contributed by atoms with van der Waals surface area (Å²) in [6.07, 6.45) is 0.199. The quantitative estimate of drug-likeness (QED) is 0.819. The van der Waals surface area contributed by atoms with Crippen molar-refractivity contribution < 1.29 is 18.8 Å². The molecule has 7 nitrogen and oxygen atoms in total. The monoisotopic (exact) mass is 424 g/mol. The Morgan fingerprint density at radius 3 is 2.16 bits per heavy atom. The first kappa shape index (κ1) is 20.8. The van der Waals surface area contributed by atoms with Gasteiger partial charge >= 0.3 is 0 Å². The van der Waals surface area contributed by atoms with Crippen molar-refractivity contribution in [3.05, 3.63) is 54.3 Å². The van der Waals surface area contributed by atoms with Crippen molar-refractivity contribution in [3.8, 4) is 0 Å². The number of piperazine rings is 1. The minimum atomic E-state index is -0.361. The molecule has 0 unspecified atom stereocenters. The van der Waals surface area contributed by atoms with Gasteiger partial charge in [0, 0.05) is 63.1 Å². The number of hydrogen-bond donors (Lipinski definition) is 1. The summed E-state index contributed by atoms with van der Waals surface area (Å²) in [5.74, 6) is -0.854. The predicted octanol–water partition coefficient (Wildman–Crippen LogP) is 2.49. The average Bonchev–Trinajstić information content (AvgIpc) is 3.16. The largest absolute Gasteiger partial charge is 0.368 e. The van der Waals surface area contributed by atoms with E-state index in [4.69, 9.17) is 0 Å². The molecular weight excluding hydrogens is 399 g/mol. The van der Waals surface area contributed by atoms with Gasteiger partial charge in [0.1, 0.15) is 5.82 Å². The summed E-state index contributed by atoms with van der Waals surface area (Å²) in [5, 5.41) is 2.70. The van der Waals surface area contributed by atoms with Crippen LogP contribution in [-0.2, 0) is 14.4 Å². The van der Waals surface area contributed by atoms with E-state index in [1.807, 2.05) is 4.90 Å². The van der Waals surface area contributed by atoms with Gasteiger partial charge in [-0.3, -0.25) is 14.4 Å². The molecule has 1 N–H and O–H groups in total. The molecule has 31 heavy (non-hydrogen) atoms. The van der Waals surface area contributed by atoms with E-state index < -0.39 is 0 Å². The lowest BCUT2D eigenvalue weighted by molar-refractivity contribution is -0.136. The SMILES string of the molecule is CC(=O)Nc1ccc(N2C[C@H](C(=O)N3CCN(c4ccc(F)cc4)CC3)CC2=O)cc1. The second kappa shape index (κ2) is 8.75. The van der Waals surface area contributed by atoms with Crippen molar-refractivity contribution >= 4 is 34.8 Å². The van der Waals surface area contributed by atoms with E-state index >= 15 is 0 Å². The van der Waals surface area contributed by atoms with Gasteiger partial charge in [-0.25, -0.2) is 4.39 Å². The molecule has 2 heterocycles. The van der Waals surface area contributed by atoms with Crippen molar-refractivity contribution in [1.29, 1.82) is 0 Å². The number of carbonyl (C=O) groups is 3. The lowest BCUT2D eigenvalue weighted by Crippen LogP contribution is -2.50. The minimum absolute atomic E-state index is 0.00414. The number of amides is 3. The minimum Gasteiger partial charge on any atom is -0.368 e. The normalized spacial score (nSPS) is 19.0. The average molecular weight is 424 g/mol. The number of halogens is 1. The molecule has 3 amide bonds. The Bertz CT molecular complexity index is 969. The maximum Gasteiger partial charge on any atom is 0.228 e. The van der Waals surface area contributed by atoms with E-state index in [1.54, 1.807) is 41.3 Å². The lowest BCUT2D eigenvalue weighted by Gasteiger charge is -2.37. The molecule has 2 aromatic rings. The van der Waals surface area contributed by atoms with Crippen LogP contribution >= 0.6 is 0 Å². The van der Waals surface area contributed by atoms with Crippen molar-refractivity contribution in [3.63, 3.8) is 0 Å². The van der Waals surface area contributed by atoms with Crippen LogP contribution in [0.15, 0.2) is 48.5 Å². The summed E-state index contributed by atoms with van der Waals surface area (Å²) in [6, 6.07) is 13.4.